The van der Waals surface area contributed by atoms with Gasteiger partial charge in [0.05, 0.1) is 14.2 Å². The van der Waals surface area contributed by atoms with Crippen LogP contribution in [-0.2, 0) is 15.1 Å². The Balaban J connectivity index is 1.55. The third-order valence-corrected chi connectivity index (χ3v) is 5.57. The van der Waals surface area contributed by atoms with Crippen LogP contribution in [0.15, 0.2) is 60.7 Å². The number of benzene rings is 3. The lowest BCUT2D eigenvalue weighted by Crippen LogP contribution is -2.42. The molecule has 32 heavy (non-hydrogen) atoms. The Morgan fingerprint density at radius 2 is 1.72 bits per heavy atom. The maximum Gasteiger partial charge on any atom is 0.325 e. The number of methoxy groups -OCH3 is 2. The molecule has 2 N–H and O–H groups in total. The fourth-order valence-electron chi connectivity index (χ4n) is 3.94. The Labute approximate surface area is 185 Å². The van der Waals surface area contributed by atoms with Crippen molar-refractivity contribution in [3.63, 3.8) is 0 Å². The number of anilines is 1. The minimum absolute atomic E-state index is 0.417. The number of nitrogens with zero attached hydrogens (tertiary/aromatic N) is 1. The van der Waals surface area contributed by atoms with Crippen LogP contribution in [0, 0.1) is 0 Å². The molecule has 4 amide bonds. The molecule has 1 saturated heterocycles. The molecule has 8 heteroatoms. The maximum absolute atomic E-state index is 13.3. The molecule has 164 valence electrons. The summed E-state index contributed by atoms with van der Waals surface area (Å²) in [7, 11) is 3.01. The summed E-state index contributed by atoms with van der Waals surface area (Å²) in [5.74, 6) is -0.0292. The zero-order valence-electron chi connectivity index (χ0n) is 18.0. The molecule has 1 atom stereocenters. The molecule has 0 aliphatic carbocycles. The molecule has 0 spiro atoms. The highest BCUT2D eigenvalue weighted by Gasteiger charge is 2.50. The quantitative estimate of drug-likeness (QED) is 0.582. The van der Waals surface area contributed by atoms with E-state index in [2.05, 4.69) is 10.6 Å². The van der Waals surface area contributed by atoms with Crippen LogP contribution >= 0.6 is 0 Å². The van der Waals surface area contributed by atoms with Crippen molar-refractivity contribution in [2.24, 2.45) is 0 Å². The Kier molecular flexibility index (Phi) is 5.44. The van der Waals surface area contributed by atoms with Crippen LogP contribution in [0.3, 0.4) is 0 Å². The number of urea groups is 1. The first-order valence-corrected chi connectivity index (χ1v) is 10.0. The summed E-state index contributed by atoms with van der Waals surface area (Å²) in [6.45, 7) is 1.24. The molecule has 1 heterocycles. The van der Waals surface area contributed by atoms with E-state index in [9.17, 15) is 14.4 Å². The van der Waals surface area contributed by atoms with Gasteiger partial charge in [-0.25, -0.2) is 4.79 Å². The number of hydrogen-bond acceptors (Lipinski definition) is 5. The van der Waals surface area contributed by atoms with E-state index in [-0.39, 0.29) is 0 Å². The van der Waals surface area contributed by atoms with E-state index in [0.29, 0.717) is 22.7 Å². The average molecular weight is 433 g/mol. The van der Waals surface area contributed by atoms with Crippen LogP contribution in [-0.4, -0.2) is 43.5 Å². The van der Waals surface area contributed by atoms with E-state index in [4.69, 9.17) is 9.47 Å². The van der Waals surface area contributed by atoms with Gasteiger partial charge in [0.1, 0.15) is 12.1 Å². The monoisotopic (exact) mass is 433 g/mol. The van der Waals surface area contributed by atoms with E-state index >= 15 is 0 Å². The van der Waals surface area contributed by atoms with Gasteiger partial charge >= 0.3 is 6.03 Å². The van der Waals surface area contributed by atoms with Gasteiger partial charge in [0.25, 0.3) is 5.91 Å². The number of carbonyl (C=O) groups excluding carboxylic acids is 3. The number of imide groups is 1. The molecular weight excluding hydrogens is 410 g/mol. The molecule has 1 aliphatic heterocycles. The summed E-state index contributed by atoms with van der Waals surface area (Å²) in [5.41, 5.74) is -0.144. The zero-order valence-corrected chi connectivity index (χ0v) is 18.0. The van der Waals surface area contributed by atoms with Gasteiger partial charge in [-0.1, -0.05) is 42.5 Å². The number of fused-ring (bicyclic) bond motifs is 1. The van der Waals surface area contributed by atoms with Crippen LogP contribution < -0.4 is 20.1 Å². The van der Waals surface area contributed by atoms with Crippen LogP contribution in [0.1, 0.15) is 12.5 Å². The van der Waals surface area contributed by atoms with Crippen molar-refractivity contribution in [1.82, 2.24) is 10.2 Å². The molecule has 8 nitrogen and oxygen atoms in total. The largest absolute Gasteiger partial charge is 0.493 e. The van der Waals surface area contributed by atoms with Crippen molar-refractivity contribution in [2.45, 2.75) is 12.5 Å². The van der Waals surface area contributed by atoms with Gasteiger partial charge in [-0.15, -0.1) is 0 Å². The van der Waals surface area contributed by atoms with Crippen molar-refractivity contribution in [3.05, 3.63) is 66.2 Å². The molecule has 1 fully saturated rings. The molecule has 0 bridgehead atoms. The predicted octanol–water partition coefficient (Wildman–Crippen LogP) is 3.26. The molecule has 0 unspecified atom stereocenters. The minimum Gasteiger partial charge on any atom is -0.493 e. The molecule has 0 aromatic heterocycles. The number of nitrogens with one attached hydrogen (secondary N) is 2. The fourth-order valence-corrected chi connectivity index (χ4v) is 3.94. The smallest absolute Gasteiger partial charge is 0.325 e. The molecular formula is C24H23N3O5. The molecule has 0 saturated carbocycles. The number of carbonyl (C=O) groups is 3. The molecule has 3 aromatic carbocycles. The Bertz CT molecular complexity index is 1220. The lowest BCUT2D eigenvalue weighted by Gasteiger charge is -2.24. The SMILES string of the molecule is COc1ccc(NC(=O)CN2C(=O)N[C@@](C)(c3cccc4ccccc34)C2=O)cc1OC. The van der Waals surface area contributed by atoms with E-state index in [1.54, 1.807) is 25.1 Å². The first-order valence-electron chi connectivity index (χ1n) is 10.0. The number of amides is 4. The first-order chi connectivity index (χ1) is 15.4. The summed E-state index contributed by atoms with van der Waals surface area (Å²) in [6, 6.07) is 17.5. The van der Waals surface area contributed by atoms with Gasteiger partial charge in [0.2, 0.25) is 5.91 Å². The highest BCUT2D eigenvalue weighted by Crippen LogP contribution is 2.34. The summed E-state index contributed by atoms with van der Waals surface area (Å²) in [6.07, 6.45) is 0. The van der Waals surface area contributed by atoms with Crippen molar-refractivity contribution in [1.29, 1.82) is 0 Å². The lowest BCUT2D eigenvalue weighted by molar-refractivity contribution is -0.133. The third kappa shape index (κ3) is 3.60. The zero-order chi connectivity index (χ0) is 22.9. The van der Waals surface area contributed by atoms with Crippen LogP contribution in [0.2, 0.25) is 0 Å². The number of hydrogen-bond donors (Lipinski definition) is 2. The average Bonchev–Trinajstić information content (AvgIpc) is 3.02. The van der Waals surface area contributed by atoms with Gasteiger partial charge in [-0.2, -0.15) is 0 Å². The topological polar surface area (TPSA) is 97.0 Å². The second-order valence-corrected chi connectivity index (χ2v) is 7.59. The standard InChI is InChI=1S/C24H23N3O5/c1-24(18-10-6-8-15-7-4-5-9-17(15)18)22(29)27(23(30)26-24)14-21(28)25-16-11-12-19(31-2)20(13-16)32-3/h4-13H,14H2,1-3H3,(H,25,28)(H,26,30)/t24-/m0/s1. The second kappa shape index (κ2) is 8.22. The maximum atomic E-state index is 13.3. The van der Waals surface area contributed by atoms with Crippen molar-refractivity contribution >= 4 is 34.3 Å². The number of rotatable bonds is 6. The van der Waals surface area contributed by atoms with Gasteiger partial charge in [0.15, 0.2) is 11.5 Å². The first kappa shape index (κ1) is 21.2. The third-order valence-electron chi connectivity index (χ3n) is 5.57. The van der Waals surface area contributed by atoms with E-state index in [1.807, 2.05) is 42.5 Å². The van der Waals surface area contributed by atoms with Crippen molar-refractivity contribution in [2.75, 3.05) is 26.1 Å². The fraction of sp³-hybridized carbons (Fsp3) is 0.208. The van der Waals surface area contributed by atoms with Gasteiger partial charge in [-0.3, -0.25) is 14.5 Å². The summed E-state index contributed by atoms with van der Waals surface area (Å²) in [5, 5.41) is 7.27. The molecule has 4 rings (SSSR count). The van der Waals surface area contributed by atoms with Gasteiger partial charge in [0, 0.05) is 11.8 Å². The summed E-state index contributed by atoms with van der Waals surface area (Å²) < 4.78 is 10.4. The normalized spacial score (nSPS) is 17.9. The van der Waals surface area contributed by atoms with Gasteiger partial charge in [-0.05, 0) is 35.4 Å². The summed E-state index contributed by atoms with van der Waals surface area (Å²) >= 11 is 0. The van der Waals surface area contributed by atoms with Crippen LogP contribution in [0.5, 0.6) is 11.5 Å². The van der Waals surface area contributed by atoms with E-state index in [1.165, 1.54) is 14.2 Å². The van der Waals surface area contributed by atoms with Crippen LogP contribution in [0.4, 0.5) is 10.5 Å². The lowest BCUT2D eigenvalue weighted by atomic mass is 9.88. The van der Waals surface area contributed by atoms with Gasteiger partial charge < -0.3 is 20.1 Å². The Morgan fingerprint density at radius 1 is 1.00 bits per heavy atom. The van der Waals surface area contributed by atoms with E-state index in [0.717, 1.165) is 15.7 Å². The minimum atomic E-state index is -1.28. The molecule has 3 aromatic rings. The Hall–Kier alpha value is -4.07. The highest BCUT2D eigenvalue weighted by molar-refractivity contribution is 6.11. The van der Waals surface area contributed by atoms with E-state index < -0.39 is 29.9 Å². The van der Waals surface area contributed by atoms with Crippen molar-refractivity contribution < 1.29 is 23.9 Å². The molecule has 0 radical (unpaired) electrons. The number of ether oxygens (including phenoxy) is 2. The summed E-state index contributed by atoms with van der Waals surface area (Å²) in [4.78, 5) is 39.5. The van der Waals surface area contributed by atoms with Crippen molar-refractivity contribution in [3.8, 4) is 11.5 Å². The van der Waals surface area contributed by atoms with Crippen LogP contribution in [0.25, 0.3) is 10.8 Å². The Morgan fingerprint density at radius 3 is 2.47 bits per heavy atom. The highest BCUT2D eigenvalue weighted by atomic mass is 16.5. The molecule has 1 aliphatic rings. The second-order valence-electron chi connectivity index (χ2n) is 7.59. The predicted molar refractivity (Wildman–Crippen MR) is 120 cm³/mol.